The maximum Gasteiger partial charge on any atom is 0.306 e. The van der Waals surface area contributed by atoms with Crippen LogP contribution in [0, 0.1) is 11.8 Å². The zero-order valence-corrected chi connectivity index (χ0v) is 9.09. The van der Waals surface area contributed by atoms with Crippen molar-refractivity contribution in [1.29, 1.82) is 0 Å². The van der Waals surface area contributed by atoms with Crippen LogP contribution in [-0.4, -0.2) is 31.0 Å². The molecule has 1 aliphatic heterocycles. The Kier molecular flexibility index (Phi) is 3.53. The fraction of sp³-hybridized carbons (Fsp3) is 0.889. The van der Waals surface area contributed by atoms with Crippen molar-refractivity contribution in [1.82, 2.24) is 0 Å². The van der Waals surface area contributed by atoms with Gasteiger partial charge in [-0.05, 0) is 25.2 Å². The molecule has 1 saturated heterocycles. The summed E-state index contributed by atoms with van der Waals surface area (Å²) in [6, 6.07) is 0. The van der Waals surface area contributed by atoms with Crippen molar-refractivity contribution in [2.45, 2.75) is 26.2 Å². The maximum atomic E-state index is 11.1. The monoisotopic (exact) mass is 220 g/mol. The lowest BCUT2D eigenvalue weighted by atomic mass is 9.86. The summed E-state index contributed by atoms with van der Waals surface area (Å²) in [5.41, 5.74) is 0. The van der Waals surface area contributed by atoms with Crippen LogP contribution in [0.4, 0.5) is 0 Å². The quantitative estimate of drug-likeness (QED) is 0.767. The van der Waals surface area contributed by atoms with E-state index < -0.39 is 15.8 Å². The molecule has 5 heteroatoms. The van der Waals surface area contributed by atoms with Gasteiger partial charge in [-0.1, -0.05) is 6.92 Å². The third-order valence-corrected chi connectivity index (χ3v) is 4.64. The van der Waals surface area contributed by atoms with Gasteiger partial charge in [0.1, 0.15) is 9.84 Å². The summed E-state index contributed by atoms with van der Waals surface area (Å²) in [6.45, 7) is 1.84. The molecule has 0 aromatic carbocycles. The highest BCUT2D eigenvalue weighted by Crippen LogP contribution is 2.28. The Morgan fingerprint density at radius 2 is 1.93 bits per heavy atom. The van der Waals surface area contributed by atoms with Crippen LogP contribution < -0.4 is 0 Å². The van der Waals surface area contributed by atoms with Crippen LogP contribution in [0.15, 0.2) is 0 Å². The minimum atomic E-state index is -2.88. The average molecular weight is 220 g/mol. The number of hydrogen-bond donors (Lipinski definition) is 1. The third kappa shape index (κ3) is 2.70. The number of aliphatic carboxylic acids is 1. The van der Waals surface area contributed by atoms with Crippen molar-refractivity contribution < 1.29 is 18.3 Å². The smallest absolute Gasteiger partial charge is 0.306 e. The first-order valence-electron chi connectivity index (χ1n) is 4.89. The number of hydrogen-bond acceptors (Lipinski definition) is 3. The van der Waals surface area contributed by atoms with Gasteiger partial charge in [0, 0.05) is 0 Å². The van der Waals surface area contributed by atoms with E-state index in [-0.39, 0.29) is 23.3 Å². The van der Waals surface area contributed by atoms with E-state index in [2.05, 4.69) is 0 Å². The van der Waals surface area contributed by atoms with E-state index in [0.29, 0.717) is 19.3 Å². The van der Waals surface area contributed by atoms with Gasteiger partial charge >= 0.3 is 5.97 Å². The second-order valence-electron chi connectivity index (χ2n) is 3.84. The molecule has 1 heterocycles. The van der Waals surface area contributed by atoms with Gasteiger partial charge in [0.2, 0.25) is 0 Å². The molecule has 1 N–H and O–H groups in total. The number of sulfone groups is 1. The standard InChI is InChI=1S/C9H16O4S/c1-2-8(9(10)11)7-3-5-14(12,13)6-4-7/h7-8H,2-6H2,1H3,(H,10,11). The van der Waals surface area contributed by atoms with Crippen LogP contribution in [0.25, 0.3) is 0 Å². The van der Waals surface area contributed by atoms with Crippen LogP contribution >= 0.6 is 0 Å². The Hall–Kier alpha value is -0.580. The van der Waals surface area contributed by atoms with Gasteiger partial charge in [0.15, 0.2) is 0 Å². The zero-order valence-electron chi connectivity index (χ0n) is 8.27. The number of carboxylic acids is 1. The molecular formula is C9H16O4S. The Morgan fingerprint density at radius 3 is 2.29 bits per heavy atom. The van der Waals surface area contributed by atoms with Crippen LogP contribution in [0.2, 0.25) is 0 Å². The van der Waals surface area contributed by atoms with Gasteiger partial charge in [-0.25, -0.2) is 8.42 Å². The van der Waals surface area contributed by atoms with E-state index in [1.54, 1.807) is 0 Å². The summed E-state index contributed by atoms with van der Waals surface area (Å²) in [5, 5.41) is 8.91. The van der Waals surface area contributed by atoms with E-state index in [0.717, 1.165) is 0 Å². The fourth-order valence-corrected chi connectivity index (χ4v) is 3.55. The SMILES string of the molecule is CCC(C(=O)O)C1CCS(=O)(=O)CC1. The molecule has 1 atom stereocenters. The summed E-state index contributed by atoms with van der Waals surface area (Å²) >= 11 is 0. The number of carbonyl (C=O) groups is 1. The first kappa shape index (κ1) is 11.5. The molecule has 0 aromatic heterocycles. The second kappa shape index (κ2) is 4.29. The van der Waals surface area contributed by atoms with Crippen molar-refractivity contribution >= 4 is 15.8 Å². The lowest BCUT2D eigenvalue weighted by molar-refractivity contribution is -0.144. The molecule has 0 saturated carbocycles. The molecule has 0 radical (unpaired) electrons. The highest BCUT2D eigenvalue weighted by atomic mass is 32.2. The topological polar surface area (TPSA) is 71.4 Å². The average Bonchev–Trinajstić information content (AvgIpc) is 2.08. The van der Waals surface area contributed by atoms with E-state index in [4.69, 9.17) is 5.11 Å². The molecule has 0 aromatic rings. The molecular weight excluding hydrogens is 204 g/mol. The molecule has 14 heavy (non-hydrogen) atoms. The van der Waals surface area contributed by atoms with Crippen molar-refractivity contribution in [2.75, 3.05) is 11.5 Å². The molecule has 0 spiro atoms. The molecule has 0 bridgehead atoms. The zero-order chi connectivity index (χ0) is 10.8. The first-order chi connectivity index (χ1) is 6.46. The van der Waals surface area contributed by atoms with E-state index in [1.165, 1.54) is 0 Å². The summed E-state index contributed by atoms with van der Waals surface area (Å²) < 4.78 is 22.3. The normalized spacial score (nSPS) is 24.4. The highest BCUT2D eigenvalue weighted by molar-refractivity contribution is 7.91. The molecule has 1 unspecified atom stereocenters. The molecule has 0 amide bonds. The molecule has 4 nitrogen and oxygen atoms in total. The van der Waals surface area contributed by atoms with Crippen molar-refractivity contribution in [2.24, 2.45) is 11.8 Å². The fourth-order valence-electron chi connectivity index (χ4n) is 2.02. The third-order valence-electron chi connectivity index (χ3n) is 2.93. The highest BCUT2D eigenvalue weighted by Gasteiger charge is 2.32. The van der Waals surface area contributed by atoms with Crippen molar-refractivity contribution in [3.05, 3.63) is 0 Å². The summed E-state index contributed by atoms with van der Waals surface area (Å²) in [7, 11) is -2.88. The minimum Gasteiger partial charge on any atom is -0.481 e. The minimum absolute atomic E-state index is 0.0426. The van der Waals surface area contributed by atoms with Gasteiger partial charge in [0.25, 0.3) is 0 Å². The van der Waals surface area contributed by atoms with Gasteiger partial charge in [-0.2, -0.15) is 0 Å². The van der Waals surface area contributed by atoms with Crippen LogP contribution in [0.5, 0.6) is 0 Å². The van der Waals surface area contributed by atoms with Gasteiger partial charge < -0.3 is 5.11 Å². The summed E-state index contributed by atoms with van der Waals surface area (Å²) in [5.74, 6) is -0.813. The van der Waals surface area contributed by atoms with Crippen LogP contribution in [0.3, 0.4) is 0 Å². The molecule has 82 valence electrons. The second-order valence-corrected chi connectivity index (χ2v) is 6.15. The Bertz CT molecular complexity index is 293. The first-order valence-corrected chi connectivity index (χ1v) is 6.71. The van der Waals surface area contributed by atoms with Crippen molar-refractivity contribution in [3.8, 4) is 0 Å². The lowest BCUT2D eigenvalue weighted by Crippen LogP contribution is -2.31. The maximum absolute atomic E-state index is 11.1. The molecule has 1 rings (SSSR count). The molecule has 1 fully saturated rings. The largest absolute Gasteiger partial charge is 0.481 e. The van der Waals surface area contributed by atoms with Gasteiger partial charge in [0.05, 0.1) is 17.4 Å². The molecule has 1 aliphatic rings. The van der Waals surface area contributed by atoms with Gasteiger partial charge in [-0.3, -0.25) is 4.79 Å². The Labute approximate surface area is 84.2 Å². The Morgan fingerprint density at radius 1 is 1.43 bits per heavy atom. The summed E-state index contributed by atoms with van der Waals surface area (Å²) in [6.07, 6.45) is 1.60. The molecule has 0 aliphatic carbocycles. The summed E-state index contributed by atoms with van der Waals surface area (Å²) in [4.78, 5) is 10.8. The van der Waals surface area contributed by atoms with E-state index in [1.807, 2.05) is 6.92 Å². The predicted molar refractivity (Wildman–Crippen MR) is 52.8 cm³/mol. The van der Waals surface area contributed by atoms with Gasteiger partial charge in [-0.15, -0.1) is 0 Å². The van der Waals surface area contributed by atoms with E-state index >= 15 is 0 Å². The van der Waals surface area contributed by atoms with Crippen LogP contribution in [0.1, 0.15) is 26.2 Å². The van der Waals surface area contributed by atoms with E-state index in [9.17, 15) is 13.2 Å². The lowest BCUT2D eigenvalue weighted by Gasteiger charge is -2.26. The number of carboxylic acid groups (broad SMARTS) is 1. The van der Waals surface area contributed by atoms with Crippen molar-refractivity contribution in [3.63, 3.8) is 0 Å². The predicted octanol–water partition coefficient (Wildman–Crippen LogP) is 0.922. The Balaban J connectivity index is 2.60. The number of rotatable bonds is 3. The van der Waals surface area contributed by atoms with Crippen LogP contribution in [-0.2, 0) is 14.6 Å².